The minimum atomic E-state index is -4.80. The zero-order valence-corrected chi connectivity index (χ0v) is 11.4. The Kier molecular flexibility index (Phi) is 6.95. The van der Waals surface area contributed by atoms with Crippen molar-refractivity contribution in [2.24, 2.45) is 5.73 Å². The molecule has 0 heterocycles. The minimum absolute atomic E-state index is 0. The first-order valence-electron chi connectivity index (χ1n) is 5.53. The number of rotatable bonds is 4. The normalized spacial score (nSPS) is 12.5. The Morgan fingerprint density at radius 1 is 1.40 bits per heavy atom. The third-order valence-electron chi connectivity index (χ3n) is 2.42. The van der Waals surface area contributed by atoms with E-state index in [1.807, 2.05) is 0 Å². The molecule has 1 atom stereocenters. The number of carbonyl (C=O) groups excluding carboxylic acids is 1. The van der Waals surface area contributed by atoms with E-state index in [4.69, 9.17) is 5.73 Å². The summed E-state index contributed by atoms with van der Waals surface area (Å²) in [7, 11) is 0. The topological polar surface area (TPSA) is 52.3 Å². The molecule has 0 bridgehead atoms. The summed E-state index contributed by atoms with van der Waals surface area (Å²) in [5, 5.41) is 0. The van der Waals surface area contributed by atoms with Gasteiger partial charge in [0.25, 0.3) is 0 Å². The van der Waals surface area contributed by atoms with Gasteiger partial charge in [-0.3, -0.25) is 4.79 Å². The number of halogens is 5. The first-order valence-corrected chi connectivity index (χ1v) is 5.53. The van der Waals surface area contributed by atoms with E-state index < -0.39 is 29.6 Å². The highest BCUT2D eigenvalue weighted by Crippen LogP contribution is 2.33. The number of carbonyl (C=O) groups is 1. The lowest BCUT2D eigenvalue weighted by molar-refractivity contribution is -0.143. The molecule has 0 unspecified atom stereocenters. The van der Waals surface area contributed by atoms with Crippen molar-refractivity contribution in [3.05, 3.63) is 35.1 Å². The summed E-state index contributed by atoms with van der Waals surface area (Å²) in [6.45, 7) is 1.76. The molecule has 8 heteroatoms. The number of benzene rings is 1. The van der Waals surface area contributed by atoms with Gasteiger partial charge in [0.2, 0.25) is 0 Å². The molecule has 0 spiro atoms. The van der Waals surface area contributed by atoms with E-state index in [1.165, 1.54) is 0 Å². The Balaban J connectivity index is 0.00000361. The van der Waals surface area contributed by atoms with E-state index in [-0.39, 0.29) is 31.0 Å². The molecule has 0 saturated heterocycles. The van der Waals surface area contributed by atoms with Crippen LogP contribution in [0.1, 0.15) is 30.5 Å². The molecule has 0 aliphatic heterocycles. The van der Waals surface area contributed by atoms with Gasteiger partial charge in [0.15, 0.2) is 0 Å². The molecule has 114 valence electrons. The molecule has 0 radical (unpaired) electrons. The standard InChI is InChI=1S/C12H13F4NO2.ClH/c1-2-19-11(18)6-10(17)7-3-4-9(13)8(5-7)12(14,15)16;/h3-5,10H,2,6,17H2,1H3;1H/t10-;/m1./s1. The van der Waals surface area contributed by atoms with E-state index >= 15 is 0 Å². The summed E-state index contributed by atoms with van der Waals surface area (Å²) in [5.41, 5.74) is 4.23. The Hall–Kier alpha value is -1.34. The van der Waals surface area contributed by atoms with Gasteiger partial charge in [-0.1, -0.05) is 6.07 Å². The lowest BCUT2D eigenvalue weighted by Gasteiger charge is -2.14. The third kappa shape index (κ3) is 4.97. The van der Waals surface area contributed by atoms with E-state index in [1.54, 1.807) is 6.92 Å². The van der Waals surface area contributed by atoms with Crippen LogP contribution in [-0.2, 0) is 15.7 Å². The van der Waals surface area contributed by atoms with Crippen LogP contribution in [0.15, 0.2) is 18.2 Å². The number of hydrogen-bond acceptors (Lipinski definition) is 3. The summed E-state index contributed by atoms with van der Waals surface area (Å²) >= 11 is 0. The van der Waals surface area contributed by atoms with Crippen LogP contribution >= 0.6 is 12.4 Å². The van der Waals surface area contributed by atoms with E-state index in [9.17, 15) is 22.4 Å². The largest absolute Gasteiger partial charge is 0.466 e. The molecule has 0 fully saturated rings. The van der Waals surface area contributed by atoms with Gasteiger partial charge in [-0.2, -0.15) is 13.2 Å². The predicted molar refractivity (Wildman–Crippen MR) is 66.8 cm³/mol. The maximum absolute atomic E-state index is 13.1. The van der Waals surface area contributed by atoms with Gasteiger partial charge < -0.3 is 10.5 Å². The molecule has 1 aromatic rings. The molecular formula is C12H14ClF4NO2. The predicted octanol–water partition coefficient (Wildman–Crippen LogP) is 3.22. The molecule has 1 rings (SSSR count). The van der Waals surface area contributed by atoms with Crippen molar-refractivity contribution in [2.45, 2.75) is 25.6 Å². The highest BCUT2D eigenvalue weighted by atomic mass is 35.5. The molecule has 0 saturated carbocycles. The van der Waals surface area contributed by atoms with E-state index in [0.29, 0.717) is 12.1 Å². The van der Waals surface area contributed by atoms with Crippen LogP contribution in [0.2, 0.25) is 0 Å². The van der Waals surface area contributed by atoms with Gasteiger partial charge in [0.1, 0.15) is 5.82 Å². The van der Waals surface area contributed by atoms with Gasteiger partial charge in [-0.25, -0.2) is 4.39 Å². The molecule has 3 nitrogen and oxygen atoms in total. The van der Waals surface area contributed by atoms with Crippen molar-refractivity contribution in [3.63, 3.8) is 0 Å². The molecule has 2 N–H and O–H groups in total. The Morgan fingerprint density at radius 3 is 2.50 bits per heavy atom. The second-order valence-electron chi connectivity index (χ2n) is 3.85. The quantitative estimate of drug-likeness (QED) is 0.685. The molecule has 20 heavy (non-hydrogen) atoms. The molecule has 0 aliphatic rings. The van der Waals surface area contributed by atoms with Crippen molar-refractivity contribution < 1.29 is 27.1 Å². The first kappa shape index (κ1) is 18.7. The summed E-state index contributed by atoms with van der Waals surface area (Å²) in [5.74, 6) is -1.99. The highest BCUT2D eigenvalue weighted by molar-refractivity contribution is 5.85. The van der Waals surface area contributed by atoms with E-state index in [0.717, 1.165) is 6.07 Å². The average Bonchev–Trinajstić information content (AvgIpc) is 2.27. The number of esters is 1. The molecular weight excluding hydrogens is 302 g/mol. The molecule has 0 amide bonds. The van der Waals surface area contributed by atoms with Crippen molar-refractivity contribution in [2.75, 3.05) is 6.61 Å². The van der Waals surface area contributed by atoms with Crippen molar-refractivity contribution in [1.82, 2.24) is 0 Å². The fourth-order valence-electron chi connectivity index (χ4n) is 1.51. The maximum Gasteiger partial charge on any atom is 0.419 e. The summed E-state index contributed by atoms with van der Waals surface area (Å²) < 4.78 is 55.2. The zero-order valence-electron chi connectivity index (χ0n) is 10.5. The van der Waals surface area contributed by atoms with Crippen LogP contribution in [-0.4, -0.2) is 12.6 Å². The fourth-order valence-corrected chi connectivity index (χ4v) is 1.51. The highest BCUT2D eigenvalue weighted by Gasteiger charge is 2.34. The van der Waals surface area contributed by atoms with Crippen LogP contribution in [0.5, 0.6) is 0 Å². The van der Waals surface area contributed by atoms with Gasteiger partial charge >= 0.3 is 12.1 Å². The Bertz CT molecular complexity index is 465. The van der Waals surface area contributed by atoms with Crippen molar-refractivity contribution in [3.8, 4) is 0 Å². The van der Waals surface area contributed by atoms with Gasteiger partial charge in [-0.15, -0.1) is 12.4 Å². The number of alkyl halides is 3. The van der Waals surface area contributed by atoms with Crippen LogP contribution in [0.3, 0.4) is 0 Å². The third-order valence-corrected chi connectivity index (χ3v) is 2.42. The molecule has 0 aliphatic carbocycles. The van der Waals surface area contributed by atoms with Crippen LogP contribution in [0.25, 0.3) is 0 Å². The molecule has 1 aromatic carbocycles. The second-order valence-corrected chi connectivity index (χ2v) is 3.85. The Morgan fingerprint density at radius 2 is 2.00 bits per heavy atom. The average molecular weight is 316 g/mol. The maximum atomic E-state index is 13.1. The summed E-state index contributed by atoms with van der Waals surface area (Å²) in [6.07, 6.45) is -5.07. The van der Waals surface area contributed by atoms with Crippen molar-refractivity contribution in [1.29, 1.82) is 0 Å². The van der Waals surface area contributed by atoms with E-state index in [2.05, 4.69) is 4.74 Å². The summed E-state index contributed by atoms with van der Waals surface area (Å²) in [4.78, 5) is 11.2. The van der Waals surface area contributed by atoms with Crippen molar-refractivity contribution >= 4 is 18.4 Å². The minimum Gasteiger partial charge on any atom is -0.466 e. The first-order chi connectivity index (χ1) is 8.75. The lowest BCUT2D eigenvalue weighted by Crippen LogP contribution is -2.18. The van der Waals surface area contributed by atoms with Crippen LogP contribution in [0, 0.1) is 5.82 Å². The molecule has 0 aromatic heterocycles. The van der Waals surface area contributed by atoms with Gasteiger partial charge in [0.05, 0.1) is 18.6 Å². The zero-order chi connectivity index (χ0) is 14.6. The van der Waals surface area contributed by atoms with Crippen LogP contribution in [0.4, 0.5) is 17.6 Å². The Labute approximate surface area is 119 Å². The van der Waals surface area contributed by atoms with Gasteiger partial charge in [0, 0.05) is 6.04 Å². The number of hydrogen-bond donors (Lipinski definition) is 1. The number of nitrogens with two attached hydrogens (primary N) is 1. The monoisotopic (exact) mass is 315 g/mol. The van der Waals surface area contributed by atoms with Crippen LogP contribution < -0.4 is 5.73 Å². The van der Waals surface area contributed by atoms with Gasteiger partial charge in [-0.05, 0) is 24.6 Å². The smallest absolute Gasteiger partial charge is 0.419 e. The fraction of sp³-hybridized carbons (Fsp3) is 0.417. The second kappa shape index (κ2) is 7.44. The lowest BCUT2D eigenvalue weighted by atomic mass is 10.0. The SMILES string of the molecule is CCOC(=O)C[C@@H](N)c1ccc(F)c(C(F)(F)F)c1.Cl. The number of ether oxygens (including phenoxy) is 1. The summed E-state index contributed by atoms with van der Waals surface area (Å²) in [6, 6.07) is 1.44.